The van der Waals surface area contributed by atoms with Gasteiger partial charge in [-0.3, -0.25) is 0 Å². The van der Waals surface area contributed by atoms with Gasteiger partial charge in [0.1, 0.15) is 11.6 Å². The van der Waals surface area contributed by atoms with Crippen molar-refractivity contribution < 1.29 is 8.78 Å². The molecule has 0 aliphatic carbocycles. The summed E-state index contributed by atoms with van der Waals surface area (Å²) in [5, 5.41) is 0. The van der Waals surface area contributed by atoms with Crippen molar-refractivity contribution in [3.63, 3.8) is 0 Å². The molecule has 0 amide bonds. The summed E-state index contributed by atoms with van der Waals surface area (Å²) in [5.74, 6) is 4.39. The number of benzene rings is 1. The lowest BCUT2D eigenvalue weighted by Gasteiger charge is -2.06. The standard InChI is InChI=1S/C12H12F2/c1-12(2,3)7-6-9-4-5-10(13)8-11(9)14/h4-5,8H,1-3H3. The van der Waals surface area contributed by atoms with Gasteiger partial charge in [-0.15, -0.1) is 0 Å². The van der Waals surface area contributed by atoms with Crippen molar-refractivity contribution >= 4 is 0 Å². The third kappa shape index (κ3) is 3.18. The topological polar surface area (TPSA) is 0 Å². The summed E-state index contributed by atoms with van der Waals surface area (Å²) in [5.41, 5.74) is 0.0576. The first-order valence-corrected chi connectivity index (χ1v) is 4.37. The highest BCUT2D eigenvalue weighted by Crippen LogP contribution is 2.12. The molecule has 0 N–H and O–H groups in total. The Kier molecular flexibility index (Phi) is 2.90. The molecule has 0 nitrogen and oxygen atoms in total. The Morgan fingerprint density at radius 2 is 1.79 bits per heavy atom. The molecule has 0 atom stereocenters. The first-order valence-electron chi connectivity index (χ1n) is 4.37. The minimum absolute atomic E-state index is 0.180. The molecule has 2 heteroatoms. The van der Waals surface area contributed by atoms with Crippen LogP contribution in [0, 0.1) is 28.9 Å². The molecule has 0 aliphatic rings. The molecule has 74 valence electrons. The van der Waals surface area contributed by atoms with Gasteiger partial charge in [0, 0.05) is 11.5 Å². The molecule has 1 aromatic carbocycles. The van der Waals surface area contributed by atoms with Gasteiger partial charge in [0.15, 0.2) is 0 Å². The number of hydrogen-bond donors (Lipinski definition) is 0. The lowest BCUT2D eigenvalue weighted by molar-refractivity contribution is 0.569. The lowest BCUT2D eigenvalue weighted by Crippen LogP contribution is -1.99. The van der Waals surface area contributed by atoms with Gasteiger partial charge in [-0.1, -0.05) is 11.8 Å². The third-order valence-corrected chi connectivity index (χ3v) is 1.50. The summed E-state index contributed by atoms with van der Waals surface area (Å²) >= 11 is 0. The SMILES string of the molecule is CC(C)(C)C#Cc1ccc(F)cc1F. The summed E-state index contributed by atoms with van der Waals surface area (Å²) in [6, 6.07) is 3.39. The highest BCUT2D eigenvalue weighted by Gasteiger charge is 2.05. The normalized spacial score (nSPS) is 10.6. The molecule has 0 saturated heterocycles. The van der Waals surface area contributed by atoms with Crippen LogP contribution in [0.3, 0.4) is 0 Å². The highest BCUT2D eigenvalue weighted by atomic mass is 19.1. The average molecular weight is 194 g/mol. The maximum absolute atomic E-state index is 13.1. The smallest absolute Gasteiger partial charge is 0.141 e. The fraction of sp³-hybridized carbons (Fsp3) is 0.333. The molecule has 1 aromatic rings. The molecule has 0 bridgehead atoms. The van der Waals surface area contributed by atoms with Crippen LogP contribution in [0.5, 0.6) is 0 Å². The van der Waals surface area contributed by atoms with E-state index < -0.39 is 11.6 Å². The van der Waals surface area contributed by atoms with E-state index >= 15 is 0 Å². The maximum Gasteiger partial charge on any atom is 0.141 e. The molecule has 0 heterocycles. The minimum Gasteiger partial charge on any atom is -0.207 e. The number of rotatable bonds is 0. The second kappa shape index (κ2) is 3.79. The molecule has 1 rings (SSSR count). The molecule has 0 radical (unpaired) electrons. The van der Waals surface area contributed by atoms with Crippen molar-refractivity contribution in [2.24, 2.45) is 5.41 Å². The maximum atomic E-state index is 13.1. The summed E-state index contributed by atoms with van der Waals surface area (Å²) in [4.78, 5) is 0. The van der Waals surface area contributed by atoms with Crippen LogP contribution in [-0.2, 0) is 0 Å². The second-order valence-electron chi connectivity index (χ2n) is 4.12. The Hall–Kier alpha value is -1.36. The fourth-order valence-corrected chi connectivity index (χ4v) is 0.846. The lowest BCUT2D eigenvalue weighted by atomic mass is 9.97. The van der Waals surface area contributed by atoms with Crippen LogP contribution in [0.2, 0.25) is 0 Å². The molecular formula is C12H12F2. The van der Waals surface area contributed by atoms with Gasteiger partial charge < -0.3 is 0 Å². The molecule has 0 fully saturated rings. The predicted octanol–water partition coefficient (Wildman–Crippen LogP) is 3.36. The third-order valence-electron chi connectivity index (χ3n) is 1.50. The zero-order chi connectivity index (χ0) is 10.8. The van der Waals surface area contributed by atoms with E-state index in [2.05, 4.69) is 11.8 Å². The average Bonchev–Trinajstić information content (AvgIpc) is 2.00. The predicted molar refractivity (Wildman–Crippen MR) is 52.7 cm³/mol. The largest absolute Gasteiger partial charge is 0.207 e. The van der Waals surface area contributed by atoms with E-state index in [9.17, 15) is 8.78 Å². The van der Waals surface area contributed by atoms with E-state index in [0.717, 1.165) is 6.07 Å². The van der Waals surface area contributed by atoms with Gasteiger partial charge in [-0.05, 0) is 32.9 Å². The molecule has 14 heavy (non-hydrogen) atoms. The minimum atomic E-state index is -0.609. The quantitative estimate of drug-likeness (QED) is 0.555. The van der Waals surface area contributed by atoms with Crippen LogP contribution in [0.4, 0.5) is 8.78 Å². The van der Waals surface area contributed by atoms with Crippen LogP contribution in [0.1, 0.15) is 26.3 Å². The van der Waals surface area contributed by atoms with E-state index in [-0.39, 0.29) is 11.0 Å². The van der Waals surface area contributed by atoms with E-state index in [1.165, 1.54) is 12.1 Å². The second-order valence-corrected chi connectivity index (χ2v) is 4.12. The first-order chi connectivity index (χ1) is 6.38. The van der Waals surface area contributed by atoms with E-state index in [4.69, 9.17) is 0 Å². The Morgan fingerprint density at radius 3 is 2.29 bits per heavy atom. The first kappa shape index (κ1) is 10.7. The van der Waals surface area contributed by atoms with E-state index in [0.29, 0.717) is 0 Å². The summed E-state index contributed by atoms with van der Waals surface area (Å²) in [6.07, 6.45) is 0. The zero-order valence-electron chi connectivity index (χ0n) is 8.49. The van der Waals surface area contributed by atoms with Crippen molar-refractivity contribution in [1.82, 2.24) is 0 Å². The molecule has 0 unspecified atom stereocenters. The number of halogens is 2. The zero-order valence-corrected chi connectivity index (χ0v) is 8.49. The molecular weight excluding hydrogens is 182 g/mol. The van der Waals surface area contributed by atoms with Gasteiger partial charge in [-0.25, -0.2) is 8.78 Å². The van der Waals surface area contributed by atoms with Crippen molar-refractivity contribution in [1.29, 1.82) is 0 Å². The summed E-state index contributed by atoms with van der Waals surface area (Å²) in [7, 11) is 0. The molecule has 0 saturated carbocycles. The highest BCUT2D eigenvalue weighted by molar-refractivity contribution is 5.36. The van der Waals surface area contributed by atoms with Gasteiger partial charge >= 0.3 is 0 Å². The number of hydrogen-bond acceptors (Lipinski definition) is 0. The Labute approximate surface area is 83.0 Å². The van der Waals surface area contributed by atoms with Crippen molar-refractivity contribution in [3.05, 3.63) is 35.4 Å². The summed E-state index contributed by atoms with van der Waals surface area (Å²) in [6.45, 7) is 5.80. The molecule has 0 aromatic heterocycles. The van der Waals surface area contributed by atoms with Crippen LogP contribution >= 0.6 is 0 Å². The van der Waals surface area contributed by atoms with Crippen LogP contribution in [0.15, 0.2) is 18.2 Å². The monoisotopic (exact) mass is 194 g/mol. The molecule has 0 spiro atoms. The van der Waals surface area contributed by atoms with E-state index in [1.54, 1.807) is 0 Å². The van der Waals surface area contributed by atoms with Crippen molar-refractivity contribution in [3.8, 4) is 11.8 Å². The van der Waals surface area contributed by atoms with Gasteiger partial charge in [0.05, 0.1) is 5.56 Å². The van der Waals surface area contributed by atoms with Crippen molar-refractivity contribution in [2.75, 3.05) is 0 Å². The van der Waals surface area contributed by atoms with Gasteiger partial charge in [0.2, 0.25) is 0 Å². The molecule has 0 aliphatic heterocycles. The Balaban J connectivity index is 3.02. The van der Waals surface area contributed by atoms with E-state index in [1.807, 2.05) is 20.8 Å². The van der Waals surface area contributed by atoms with Crippen molar-refractivity contribution in [2.45, 2.75) is 20.8 Å². The Bertz CT molecular complexity index is 389. The Morgan fingerprint density at radius 1 is 1.14 bits per heavy atom. The van der Waals surface area contributed by atoms with Gasteiger partial charge in [0.25, 0.3) is 0 Å². The van der Waals surface area contributed by atoms with Crippen LogP contribution < -0.4 is 0 Å². The van der Waals surface area contributed by atoms with Crippen LogP contribution in [-0.4, -0.2) is 0 Å². The summed E-state index contributed by atoms with van der Waals surface area (Å²) < 4.78 is 25.6. The van der Waals surface area contributed by atoms with Crippen LogP contribution in [0.25, 0.3) is 0 Å². The fourth-order valence-electron chi connectivity index (χ4n) is 0.846. The van der Waals surface area contributed by atoms with Gasteiger partial charge in [-0.2, -0.15) is 0 Å².